The number of nitrogens with zero attached hydrogens (tertiary/aromatic N) is 2. The summed E-state index contributed by atoms with van der Waals surface area (Å²) in [5, 5.41) is 11.3. The highest BCUT2D eigenvalue weighted by atomic mass is 32.2. The molecule has 0 amide bonds. The third kappa shape index (κ3) is 2.64. The van der Waals surface area contributed by atoms with E-state index >= 15 is 0 Å². The summed E-state index contributed by atoms with van der Waals surface area (Å²) in [7, 11) is 0. The molecule has 2 aromatic rings. The zero-order valence-electron chi connectivity index (χ0n) is 10.4. The van der Waals surface area contributed by atoms with Gasteiger partial charge in [-0.15, -0.1) is 11.8 Å². The Bertz CT molecular complexity index is 648. The number of hydrogen-bond donors (Lipinski definition) is 2. The molecule has 0 aliphatic carbocycles. The van der Waals surface area contributed by atoms with Crippen LogP contribution in [-0.2, 0) is 6.18 Å². The summed E-state index contributed by atoms with van der Waals surface area (Å²) in [5.74, 6) is -0.214. The summed E-state index contributed by atoms with van der Waals surface area (Å²) in [6, 6.07) is 5.01. The molecule has 2 rings (SSSR count). The Labute approximate surface area is 117 Å². The van der Waals surface area contributed by atoms with E-state index in [2.05, 4.69) is 5.10 Å². The fraction of sp³-hybridized carbons (Fsp3) is 0.167. The molecule has 0 spiro atoms. The summed E-state index contributed by atoms with van der Waals surface area (Å²) >= 11 is 1.36. The molecular formula is C12H11F3N4S. The van der Waals surface area contributed by atoms with E-state index in [0.717, 1.165) is 17.1 Å². The average Bonchev–Trinajstić information content (AvgIpc) is 2.86. The Hall–Kier alpha value is -1.96. The number of nitrogens with one attached hydrogen (secondary N) is 1. The number of rotatable bonds is 3. The Morgan fingerprint density at radius 3 is 2.60 bits per heavy atom. The van der Waals surface area contributed by atoms with Gasteiger partial charge in [-0.3, -0.25) is 5.41 Å². The molecule has 0 atom stereocenters. The van der Waals surface area contributed by atoms with Crippen LogP contribution in [0.15, 0.2) is 35.5 Å². The Morgan fingerprint density at radius 2 is 2.10 bits per heavy atom. The molecule has 106 valence electrons. The van der Waals surface area contributed by atoms with Crippen LogP contribution >= 0.6 is 11.8 Å². The van der Waals surface area contributed by atoms with E-state index < -0.39 is 11.7 Å². The van der Waals surface area contributed by atoms with Crippen LogP contribution in [0.5, 0.6) is 0 Å². The van der Waals surface area contributed by atoms with E-state index in [0.29, 0.717) is 16.1 Å². The number of halogens is 3. The lowest BCUT2D eigenvalue weighted by atomic mass is 10.1. The first-order valence-corrected chi connectivity index (χ1v) is 6.70. The molecular weight excluding hydrogens is 289 g/mol. The summed E-state index contributed by atoms with van der Waals surface area (Å²) in [6.07, 6.45) is -1.02. The number of nitrogens with two attached hydrogens (primary N) is 1. The van der Waals surface area contributed by atoms with Crippen LogP contribution in [0, 0.1) is 5.41 Å². The van der Waals surface area contributed by atoms with Crippen molar-refractivity contribution in [3.63, 3.8) is 0 Å². The number of nitrogen functional groups attached to an aromatic ring is 1. The monoisotopic (exact) mass is 300 g/mol. The molecule has 3 N–H and O–H groups in total. The zero-order chi connectivity index (χ0) is 14.9. The second kappa shape index (κ2) is 5.20. The van der Waals surface area contributed by atoms with Crippen LogP contribution in [0.3, 0.4) is 0 Å². The van der Waals surface area contributed by atoms with Gasteiger partial charge in [0.2, 0.25) is 0 Å². The molecule has 1 heterocycles. The first-order chi connectivity index (χ1) is 9.34. The van der Waals surface area contributed by atoms with Crippen molar-refractivity contribution in [2.24, 2.45) is 5.73 Å². The molecule has 0 saturated carbocycles. The third-order valence-electron chi connectivity index (χ3n) is 2.65. The van der Waals surface area contributed by atoms with Crippen molar-refractivity contribution in [3.05, 3.63) is 41.7 Å². The maximum Gasteiger partial charge on any atom is 0.419 e. The highest BCUT2D eigenvalue weighted by molar-refractivity contribution is 7.98. The van der Waals surface area contributed by atoms with E-state index in [1.54, 1.807) is 24.5 Å². The van der Waals surface area contributed by atoms with Crippen LogP contribution in [0.2, 0.25) is 0 Å². The van der Waals surface area contributed by atoms with Crippen molar-refractivity contribution in [2.45, 2.75) is 11.1 Å². The predicted octanol–water partition coefficient (Wildman–Crippen LogP) is 2.90. The number of aromatic nitrogens is 2. The van der Waals surface area contributed by atoms with Gasteiger partial charge in [0.25, 0.3) is 0 Å². The lowest BCUT2D eigenvalue weighted by Gasteiger charge is -2.12. The van der Waals surface area contributed by atoms with E-state index in [9.17, 15) is 13.2 Å². The summed E-state index contributed by atoms with van der Waals surface area (Å²) in [6.45, 7) is 0. The highest BCUT2D eigenvalue weighted by Crippen LogP contribution is 2.30. The molecule has 4 nitrogen and oxygen atoms in total. The Morgan fingerprint density at radius 1 is 1.40 bits per heavy atom. The van der Waals surface area contributed by atoms with Gasteiger partial charge in [-0.25, -0.2) is 4.68 Å². The second-order valence-corrected chi connectivity index (χ2v) is 4.79. The summed E-state index contributed by atoms with van der Waals surface area (Å²) in [4.78, 5) is 0.707. The number of hydrogen-bond acceptors (Lipinski definition) is 3. The molecule has 0 radical (unpaired) electrons. The van der Waals surface area contributed by atoms with Gasteiger partial charge in [-0.1, -0.05) is 6.07 Å². The van der Waals surface area contributed by atoms with Crippen LogP contribution in [0.1, 0.15) is 11.1 Å². The smallest absolute Gasteiger partial charge is 0.384 e. The van der Waals surface area contributed by atoms with Crippen molar-refractivity contribution in [2.75, 3.05) is 6.26 Å². The van der Waals surface area contributed by atoms with Gasteiger partial charge in [-0.2, -0.15) is 18.3 Å². The van der Waals surface area contributed by atoms with E-state index in [4.69, 9.17) is 11.1 Å². The van der Waals surface area contributed by atoms with Crippen molar-refractivity contribution in [1.29, 1.82) is 5.41 Å². The minimum atomic E-state index is -4.45. The molecule has 0 fully saturated rings. The van der Waals surface area contributed by atoms with Crippen LogP contribution in [0.25, 0.3) is 5.69 Å². The lowest BCUT2D eigenvalue weighted by Crippen LogP contribution is -2.16. The number of amidine groups is 1. The van der Waals surface area contributed by atoms with Crippen LogP contribution < -0.4 is 5.73 Å². The second-order valence-electron chi connectivity index (χ2n) is 3.94. The standard InChI is InChI=1S/C12H11F3N4S/c1-20-9-4-2-3-8(10(9)11(16)17)19-6-7(5-18-19)12(13,14)15/h2-6H,1H3,(H3,16,17). The van der Waals surface area contributed by atoms with Gasteiger partial charge in [0.1, 0.15) is 5.84 Å². The quantitative estimate of drug-likeness (QED) is 0.520. The summed E-state index contributed by atoms with van der Waals surface area (Å²) < 4.78 is 38.9. The maximum absolute atomic E-state index is 12.6. The molecule has 0 aliphatic rings. The number of alkyl halides is 3. The molecule has 20 heavy (non-hydrogen) atoms. The van der Waals surface area contributed by atoms with Gasteiger partial charge < -0.3 is 5.73 Å². The molecule has 0 bridgehead atoms. The third-order valence-corrected chi connectivity index (χ3v) is 3.43. The highest BCUT2D eigenvalue weighted by Gasteiger charge is 2.32. The Balaban J connectivity index is 2.58. The van der Waals surface area contributed by atoms with Crippen molar-refractivity contribution in [3.8, 4) is 5.69 Å². The molecule has 0 unspecified atom stereocenters. The van der Waals surface area contributed by atoms with Gasteiger partial charge >= 0.3 is 6.18 Å². The van der Waals surface area contributed by atoms with Gasteiger partial charge in [0, 0.05) is 11.1 Å². The molecule has 8 heteroatoms. The van der Waals surface area contributed by atoms with Gasteiger partial charge in [-0.05, 0) is 18.4 Å². The fourth-order valence-electron chi connectivity index (χ4n) is 1.75. The average molecular weight is 300 g/mol. The predicted molar refractivity (Wildman–Crippen MR) is 71.4 cm³/mol. The SMILES string of the molecule is CSc1cccc(-n2cc(C(F)(F)F)cn2)c1C(=N)N. The van der Waals surface area contributed by atoms with Crippen LogP contribution in [-0.4, -0.2) is 21.9 Å². The maximum atomic E-state index is 12.6. The Kier molecular flexibility index (Phi) is 3.76. The fourth-order valence-corrected chi connectivity index (χ4v) is 2.39. The van der Waals surface area contributed by atoms with Crippen LogP contribution in [0.4, 0.5) is 13.2 Å². The first-order valence-electron chi connectivity index (χ1n) is 5.48. The van der Waals surface area contributed by atoms with Crippen molar-refractivity contribution in [1.82, 2.24) is 9.78 Å². The van der Waals surface area contributed by atoms with E-state index in [1.807, 2.05) is 0 Å². The molecule has 0 saturated heterocycles. The zero-order valence-corrected chi connectivity index (χ0v) is 11.2. The number of thioether (sulfide) groups is 1. The largest absolute Gasteiger partial charge is 0.419 e. The van der Waals surface area contributed by atoms with E-state index in [-0.39, 0.29) is 5.84 Å². The molecule has 1 aromatic heterocycles. The van der Waals surface area contributed by atoms with Crippen molar-refractivity contribution >= 4 is 17.6 Å². The summed E-state index contributed by atoms with van der Waals surface area (Å²) in [5.41, 5.74) is 5.40. The normalized spacial score (nSPS) is 11.6. The number of benzene rings is 1. The minimum Gasteiger partial charge on any atom is -0.384 e. The lowest BCUT2D eigenvalue weighted by molar-refractivity contribution is -0.137. The first kappa shape index (κ1) is 14.4. The van der Waals surface area contributed by atoms with Crippen molar-refractivity contribution < 1.29 is 13.2 Å². The molecule has 0 aliphatic heterocycles. The molecule has 1 aromatic carbocycles. The van der Waals surface area contributed by atoms with Gasteiger partial charge in [0.15, 0.2) is 0 Å². The minimum absolute atomic E-state index is 0.214. The van der Waals surface area contributed by atoms with E-state index in [1.165, 1.54) is 11.8 Å². The topological polar surface area (TPSA) is 67.7 Å². The van der Waals surface area contributed by atoms with Gasteiger partial charge in [0.05, 0.1) is 23.0 Å².